The normalized spacial score (nSPS) is 42.3. The highest BCUT2D eigenvalue weighted by Gasteiger charge is 2.67. The Hall–Kier alpha value is -0.330. The van der Waals surface area contributed by atoms with E-state index in [2.05, 4.69) is 54.8 Å². The van der Waals surface area contributed by atoms with Gasteiger partial charge in [-0.1, -0.05) is 49.9 Å². The van der Waals surface area contributed by atoms with E-state index in [0.717, 1.165) is 31.3 Å². The highest BCUT2D eigenvalue weighted by molar-refractivity contribution is 14.1. The van der Waals surface area contributed by atoms with E-state index < -0.39 is 66.2 Å². The van der Waals surface area contributed by atoms with E-state index in [-0.39, 0.29) is 66.6 Å². The molecule has 15 nitrogen and oxygen atoms in total. The van der Waals surface area contributed by atoms with Crippen LogP contribution in [0.3, 0.4) is 0 Å². The molecule has 2 N–H and O–H groups in total. The topological polar surface area (TPSA) is 204 Å². The third-order valence-corrected chi connectivity index (χ3v) is 13.1. The fraction of sp³-hybridized carbons (Fsp3) is 0.867. The molecular formula is C30H43IO15S2-2. The van der Waals surface area contributed by atoms with Crippen LogP contribution in [0.4, 0.5) is 0 Å². The Morgan fingerprint density at radius 3 is 2.40 bits per heavy atom. The summed E-state index contributed by atoms with van der Waals surface area (Å²) in [7, 11) is 0. The molecule has 1 heterocycles. The second kappa shape index (κ2) is 16.6. The van der Waals surface area contributed by atoms with Crippen molar-refractivity contribution >= 4 is 59.2 Å². The fourth-order valence-corrected chi connectivity index (χ4v) is 11.1. The lowest BCUT2D eigenvalue weighted by Crippen LogP contribution is -2.63. The Morgan fingerprint density at radius 1 is 1.08 bits per heavy atom. The molecule has 1 spiro atoms. The Kier molecular flexibility index (Phi) is 13.4. The summed E-state index contributed by atoms with van der Waals surface area (Å²) in [5.74, 6) is -2.05. The van der Waals surface area contributed by atoms with Crippen molar-refractivity contribution in [3.63, 3.8) is 0 Å². The first-order valence-corrected chi connectivity index (χ1v) is 19.0. The maximum atomic E-state index is 13.1. The standard InChI is InChI=1S/C30H45IO15S2/c1-14(2)9-22(32)40-25-24(42-48-46-44-37)23(41-47-45-43-36)20(13-31)39-28(25)38-17-10-18(27(34)35)19-7-8-30-11-16(15(3)26(30)33)5-6-21(30)29(19,4)12-17/h14,16-21,23-26,28,33,36-37H,3,5-13H2,1-2,4H3,(H,34,35)/p-2/t16?,17?,18?,19?,20?,21?,23-,24-,25?,26+,28+,29?,30?/m1/s1/i31-2. The molecule has 2 bridgehead atoms. The van der Waals surface area contributed by atoms with Gasteiger partial charge in [-0.25, -0.2) is 0 Å². The minimum Gasteiger partial charge on any atom is -0.691 e. The average Bonchev–Trinajstić information content (AvgIpc) is 3.21. The number of aliphatic carboxylic acids is 1. The molecule has 5 rings (SSSR count). The summed E-state index contributed by atoms with van der Waals surface area (Å²) < 4.78 is 39.2. The van der Waals surface area contributed by atoms with E-state index in [1.165, 1.54) is 0 Å². The molecule has 4 aliphatic carbocycles. The fourth-order valence-electron chi connectivity index (χ4n) is 9.67. The minimum absolute atomic E-state index is 0.0506. The highest BCUT2D eigenvalue weighted by atomic mass is 125. The smallest absolute Gasteiger partial charge is 0.306 e. The minimum atomic E-state index is -1.31. The number of halogens is 1. The second-order valence-electron chi connectivity index (χ2n) is 14.3. The van der Waals surface area contributed by atoms with E-state index in [9.17, 15) is 30.3 Å². The van der Waals surface area contributed by atoms with Crippen molar-refractivity contribution in [1.29, 1.82) is 0 Å². The number of aliphatic hydroxyl groups is 1. The molecule has 0 radical (unpaired) electrons. The molecule has 13 atom stereocenters. The van der Waals surface area contributed by atoms with Gasteiger partial charge in [0.05, 0.1) is 18.1 Å². The lowest BCUT2D eigenvalue weighted by molar-refractivity contribution is -0.778. The van der Waals surface area contributed by atoms with E-state index in [1.54, 1.807) is 0 Å². The van der Waals surface area contributed by atoms with Gasteiger partial charge in [0.25, 0.3) is 0 Å². The van der Waals surface area contributed by atoms with Crippen molar-refractivity contribution in [2.24, 2.45) is 40.4 Å². The summed E-state index contributed by atoms with van der Waals surface area (Å²) in [6, 6.07) is 0. The largest absolute Gasteiger partial charge is 0.691 e. The van der Waals surface area contributed by atoms with Crippen molar-refractivity contribution in [3.05, 3.63) is 12.2 Å². The van der Waals surface area contributed by atoms with E-state index in [0.29, 0.717) is 17.3 Å². The van der Waals surface area contributed by atoms with Gasteiger partial charge in [-0.2, -0.15) is 0 Å². The van der Waals surface area contributed by atoms with Gasteiger partial charge in [-0.3, -0.25) is 28.0 Å². The average molecular weight is 833 g/mol. The molecule has 5 fully saturated rings. The number of carboxylic acid groups (broad SMARTS) is 1. The van der Waals surface area contributed by atoms with Crippen LogP contribution in [0.25, 0.3) is 0 Å². The Morgan fingerprint density at radius 2 is 1.77 bits per heavy atom. The predicted molar refractivity (Wildman–Crippen MR) is 171 cm³/mol. The number of carboxylic acids is 1. The second-order valence-corrected chi connectivity index (χ2v) is 16.1. The third kappa shape index (κ3) is 7.72. The summed E-state index contributed by atoms with van der Waals surface area (Å²) in [6.45, 7) is 10.1. The number of ether oxygens (including phenoxy) is 3. The third-order valence-electron chi connectivity index (χ3n) is 11.4. The van der Waals surface area contributed by atoms with Crippen LogP contribution in [-0.2, 0) is 50.9 Å². The van der Waals surface area contributed by atoms with Crippen LogP contribution >= 0.6 is 47.2 Å². The van der Waals surface area contributed by atoms with Gasteiger partial charge in [-0.15, -0.1) is 8.67 Å². The lowest BCUT2D eigenvalue weighted by Gasteiger charge is -2.62. The molecule has 5 aliphatic rings. The number of carbonyl (C=O) groups is 2. The van der Waals surface area contributed by atoms with Crippen LogP contribution in [0, 0.1) is 40.4 Å². The predicted octanol–water partition coefficient (Wildman–Crippen LogP) is 3.08. The summed E-state index contributed by atoms with van der Waals surface area (Å²) in [4.78, 5) is 25.9. The molecule has 1 aliphatic heterocycles. The van der Waals surface area contributed by atoms with Crippen molar-refractivity contribution < 1.29 is 71.6 Å². The van der Waals surface area contributed by atoms with Gasteiger partial charge >= 0.3 is 11.9 Å². The SMILES string of the molecule is C=C1C2CCC3C4(C)CC(O[C@H]5OC(C[125I])[C@@H](OSOO[O-])[C@@H](OSOO[O-])C5OC(=O)CC(C)C)CC(C(=O)O)C4CCC3(C2)[C@H]1O. The van der Waals surface area contributed by atoms with Crippen LogP contribution in [0.2, 0.25) is 0 Å². The van der Waals surface area contributed by atoms with E-state index in [1.807, 2.05) is 13.8 Å². The maximum absolute atomic E-state index is 13.1. The molecule has 274 valence electrons. The Balaban J connectivity index is 1.46. The van der Waals surface area contributed by atoms with Gasteiger partial charge in [0.2, 0.25) is 0 Å². The molecule has 0 aromatic heterocycles. The zero-order chi connectivity index (χ0) is 34.8. The molecule has 1 saturated heterocycles. The van der Waals surface area contributed by atoms with Gasteiger partial charge < -0.3 is 34.9 Å². The highest BCUT2D eigenvalue weighted by Crippen LogP contribution is 2.70. The summed E-state index contributed by atoms with van der Waals surface area (Å²) in [5.41, 5.74) is 0.0589. The van der Waals surface area contributed by atoms with Crippen LogP contribution < -0.4 is 10.5 Å². The zero-order valence-electron chi connectivity index (χ0n) is 26.9. The number of fused-ring (bicyclic) bond motifs is 3. The molecule has 0 aromatic carbocycles. The number of carbonyl (C=O) groups excluding carboxylic acids is 1. The monoisotopic (exact) mass is 832 g/mol. The van der Waals surface area contributed by atoms with Crippen molar-refractivity contribution in [2.75, 3.05) is 4.43 Å². The molecule has 9 unspecified atom stereocenters. The number of hydrogen-bond donors (Lipinski definition) is 2. The Labute approximate surface area is 301 Å². The first-order valence-electron chi connectivity index (χ1n) is 16.1. The van der Waals surface area contributed by atoms with Crippen LogP contribution in [0.5, 0.6) is 0 Å². The van der Waals surface area contributed by atoms with Gasteiger partial charge in [-0.05, 0) is 79.6 Å². The Bertz CT molecular complexity index is 1150. The molecule has 0 aromatic rings. The lowest BCUT2D eigenvalue weighted by atomic mass is 9.43. The molecule has 4 saturated carbocycles. The van der Waals surface area contributed by atoms with E-state index in [4.69, 9.17) is 22.6 Å². The quantitative estimate of drug-likeness (QED) is 0.0280. The summed E-state index contributed by atoms with van der Waals surface area (Å²) in [5, 5.41) is 49.8. The van der Waals surface area contributed by atoms with Gasteiger partial charge in [0.15, 0.2) is 37.0 Å². The number of aliphatic hydroxyl groups excluding tert-OH is 1. The number of hydrogen-bond acceptors (Lipinski definition) is 16. The van der Waals surface area contributed by atoms with Crippen molar-refractivity contribution in [3.8, 4) is 0 Å². The van der Waals surface area contributed by atoms with Gasteiger partial charge in [0, 0.05) is 16.3 Å². The zero-order valence-corrected chi connectivity index (χ0v) is 30.7. The van der Waals surface area contributed by atoms with Crippen LogP contribution in [0.15, 0.2) is 12.2 Å². The molecule has 18 heteroatoms. The molecule has 0 amide bonds. The first-order chi connectivity index (χ1) is 22.9. The summed E-state index contributed by atoms with van der Waals surface area (Å²) >= 11 is 2.43. The van der Waals surface area contributed by atoms with Gasteiger partial charge in [0.1, 0.15) is 18.3 Å². The van der Waals surface area contributed by atoms with Crippen molar-refractivity contribution in [1.82, 2.24) is 0 Å². The first kappa shape index (κ1) is 38.9. The van der Waals surface area contributed by atoms with Crippen LogP contribution in [0.1, 0.15) is 72.1 Å². The maximum Gasteiger partial charge on any atom is 0.306 e. The number of rotatable bonds is 15. The van der Waals surface area contributed by atoms with Crippen molar-refractivity contribution in [2.45, 2.75) is 115 Å². The molecule has 48 heavy (non-hydrogen) atoms. The number of alkyl halides is 1. The van der Waals surface area contributed by atoms with E-state index >= 15 is 0 Å². The number of esters is 1. The van der Waals surface area contributed by atoms with Crippen LogP contribution in [-0.4, -0.2) is 69.5 Å². The molecular weight excluding hydrogens is 789 g/mol. The summed E-state index contributed by atoms with van der Waals surface area (Å²) in [6.07, 6.45) is -2.13.